The Morgan fingerprint density at radius 1 is 1.00 bits per heavy atom. The summed E-state index contributed by atoms with van der Waals surface area (Å²) >= 11 is 0. The molecule has 4 fully saturated rings. The molecule has 2 N–H and O–H groups in total. The third-order valence-corrected chi connectivity index (χ3v) is 7.72. The van der Waals surface area contributed by atoms with Crippen LogP contribution in [0.5, 0.6) is 0 Å². The maximum Gasteiger partial charge on any atom is 0.370 e. The zero-order valence-corrected chi connectivity index (χ0v) is 12.3. The van der Waals surface area contributed by atoms with E-state index >= 15 is 0 Å². The maximum absolute atomic E-state index is 13.6. The highest BCUT2D eigenvalue weighted by Gasteiger charge is 2.65. The van der Waals surface area contributed by atoms with Gasteiger partial charge in [-0.2, -0.15) is 17.2 Å². The molecule has 4 saturated carbocycles. The Bertz CT molecular complexity index is 563. The predicted molar refractivity (Wildman–Crippen MR) is 70.0 cm³/mol. The number of hydrogen-bond donors (Lipinski definition) is 2. The monoisotopic (exact) mass is 322 g/mol. The number of alkyl halides is 2. The first kappa shape index (κ1) is 14.3. The summed E-state index contributed by atoms with van der Waals surface area (Å²) in [6.07, 6.45) is 2.31. The van der Waals surface area contributed by atoms with Gasteiger partial charge in [0.15, 0.2) is 0 Å². The summed E-state index contributed by atoms with van der Waals surface area (Å²) in [5.74, 6) is 1.79. The first-order valence-corrected chi connectivity index (χ1v) is 9.16. The largest absolute Gasteiger partial charge is 0.393 e. The van der Waals surface area contributed by atoms with Crippen molar-refractivity contribution in [1.82, 2.24) is 0 Å². The van der Waals surface area contributed by atoms with Gasteiger partial charge < -0.3 is 5.11 Å². The molecule has 120 valence electrons. The van der Waals surface area contributed by atoms with Gasteiger partial charge in [0.25, 0.3) is 0 Å². The van der Waals surface area contributed by atoms with Gasteiger partial charge in [0, 0.05) is 6.42 Å². The van der Waals surface area contributed by atoms with E-state index in [1.54, 1.807) is 0 Å². The summed E-state index contributed by atoms with van der Waals surface area (Å²) < 4.78 is 57.6. The van der Waals surface area contributed by atoms with E-state index in [-0.39, 0.29) is 17.9 Å². The van der Waals surface area contributed by atoms with E-state index in [1.165, 1.54) is 0 Å². The van der Waals surface area contributed by atoms with Gasteiger partial charge in [-0.25, -0.2) is 0 Å². The average molecular weight is 322 g/mol. The molecule has 0 spiro atoms. The van der Waals surface area contributed by atoms with Crippen LogP contribution in [0, 0.1) is 41.4 Å². The van der Waals surface area contributed by atoms with E-state index in [1.807, 2.05) is 0 Å². The van der Waals surface area contributed by atoms with Gasteiger partial charge >= 0.3 is 15.4 Å². The second-order valence-corrected chi connectivity index (χ2v) is 9.14. The molecule has 4 aliphatic carbocycles. The van der Waals surface area contributed by atoms with Crippen molar-refractivity contribution >= 4 is 10.1 Å². The molecule has 21 heavy (non-hydrogen) atoms. The standard InChI is InChI=1S/C14H20F2O4S/c15-14(16,21(18,19)20)5-8-1-6-2-9(8)12-7-3-10(13(6)12)11(17)4-7/h6-13,17H,1-5H2,(H,18,19,20). The minimum atomic E-state index is -5.32. The molecule has 0 aromatic rings. The van der Waals surface area contributed by atoms with E-state index in [0.717, 1.165) is 19.3 Å². The van der Waals surface area contributed by atoms with Crippen molar-refractivity contribution in [3.8, 4) is 0 Å². The van der Waals surface area contributed by atoms with Crippen LogP contribution >= 0.6 is 0 Å². The highest BCUT2D eigenvalue weighted by atomic mass is 32.2. The van der Waals surface area contributed by atoms with Crippen molar-refractivity contribution in [3.05, 3.63) is 0 Å². The third-order valence-electron chi connectivity index (χ3n) is 6.80. The Labute approximate surface area is 122 Å². The molecule has 4 bridgehead atoms. The Morgan fingerprint density at radius 3 is 2.24 bits per heavy atom. The summed E-state index contributed by atoms with van der Waals surface area (Å²) in [6, 6.07) is 0. The normalized spacial score (nSPS) is 51.6. The lowest BCUT2D eigenvalue weighted by Gasteiger charge is -2.40. The molecular formula is C14H20F2O4S. The quantitative estimate of drug-likeness (QED) is 0.617. The van der Waals surface area contributed by atoms with Crippen molar-refractivity contribution in [2.45, 2.75) is 43.5 Å². The molecular weight excluding hydrogens is 302 g/mol. The highest BCUT2D eigenvalue weighted by molar-refractivity contribution is 7.86. The molecule has 8 atom stereocenters. The van der Waals surface area contributed by atoms with Gasteiger partial charge in [0.1, 0.15) is 0 Å². The SMILES string of the molecule is O=S(=O)(O)C(F)(F)CC1CC2CC1C1C3CC(O)C(C3)C21. The zero-order chi connectivity index (χ0) is 15.2. The first-order valence-electron chi connectivity index (χ1n) is 7.72. The molecule has 0 aliphatic heterocycles. The molecule has 0 aromatic carbocycles. The van der Waals surface area contributed by atoms with Gasteiger partial charge in [-0.05, 0) is 67.1 Å². The zero-order valence-electron chi connectivity index (χ0n) is 11.5. The lowest BCUT2D eigenvalue weighted by atomic mass is 9.66. The van der Waals surface area contributed by atoms with E-state index in [0.29, 0.717) is 36.0 Å². The molecule has 4 aliphatic rings. The highest BCUT2D eigenvalue weighted by Crippen LogP contribution is 2.69. The van der Waals surface area contributed by atoms with Crippen LogP contribution in [0.15, 0.2) is 0 Å². The molecule has 8 unspecified atom stereocenters. The number of halogens is 2. The van der Waals surface area contributed by atoms with Crippen LogP contribution in [0.2, 0.25) is 0 Å². The van der Waals surface area contributed by atoms with Crippen molar-refractivity contribution in [2.24, 2.45) is 41.4 Å². The summed E-state index contributed by atoms with van der Waals surface area (Å²) in [7, 11) is -5.32. The van der Waals surface area contributed by atoms with Gasteiger partial charge in [0.05, 0.1) is 6.10 Å². The summed E-state index contributed by atoms with van der Waals surface area (Å²) in [6.45, 7) is 0. The Kier molecular flexibility index (Phi) is 2.85. The van der Waals surface area contributed by atoms with E-state index < -0.39 is 21.8 Å². The Balaban J connectivity index is 1.54. The van der Waals surface area contributed by atoms with Crippen molar-refractivity contribution < 1.29 is 26.9 Å². The van der Waals surface area contributed by atoms with E-state index in [2.05, 4.69) is 0 Å². The third kappa shape index (κ3) is 1.86. The molecule has 0 heterocycles. The van der Waals surface area contributed by atoms with Gasteiger partial charge in [-0.15, -0.1) is 0 Å². The van der Waals surface area contributed by atoms with Crippen LogP contribution in [-0.2, 0) is 10.1 Å². The fourth-order valence-corrected chi connectivity index (χ4v) is 6.77. The summed E-state index contributed by atoms with van der Waals surface area (Å²) in [5, 5.41) is 5.99. The molecule has 0 amide bonds. The van der Waals surface area contributed by atoms with Crippen molar-refractivity contribution in [1.29, 1.82) is 0 Å². The maximum atomic E-state index is 13.6. The molecule has 0 radical (unpaired) electrons. The fraction of sp³-hybridized carbons (Fsp3) is 1.00. The number of aliphatic hydroxyl groups excluding tert-OH is 1. The van der Waals surface area contributed by atoms with Crippen LogP contribution in [-0.4, -0.2) is 29.4 Å². The Morgan fingerprint density at radius 2 is 1.57 bits per heavy atom. The number of rotatable bonds is 3. The smallest absolute Gasteiger partial charge is 0.370 e. The number of hydrogen-bond acceptors (Lipinski definition) is 3. The minimum Gasteiger partial charge on any atom is -0.393 e. The van der Waals surface area contributed by atoms with Crippen molar-refractivity contribution in [2.75, 3.05) is 0 Å². The predicted octanol–water partition coefficient (Wildman–Crippen LogP) is 2.15. The molecule has 0 aromatic heterocycles. The van der Waals surface area contributed by atoms with Crippen LogP contribution in [0.25, 0.3) is 0 Å². The summed E-state index contributed by atoms with van der Waals surface area (Å²) in [5.41, 5.74) is 0. The van der Waals surface area contributed by atoms with E-state index in [9.17, 15) is 22.3 Å². The second-order valence-electron chi connectivity index (χ2n) is 7.59. The lowest BCUT2D eigenvalue weighted by molar-refractivity contribution is -0.00857. The number of fused-ring (bicyclic) bond motifs is 9. The van der Waals surface area contributed by atoms with Crippen LogP contribution < -0.4 is 0 Å². The Hall–Kier alpha value is -0.270. The molecule has 4 nitrogen and oxygen atoms in total. The van der Waals surface area contributed by atoms with Crippen molar-refractivity contribution in [3.63, 3.8) is 0 Å². The van der Waals surface area contributed by atoms with Crippen LogP contribution in [0.4, 0.5) is 8.78 Å². The second kappa shape index (κ2) is 4.17. The molecule has 4 rings (SSSR count). The first-order chi connectivity index (χ1) is 9.69. The topological polar surface area (TPSA) is 74.6 Å². The molecule has 0 saturated heterocycles. The molecule has 7 heteroatoms. The number of aliphatic hydroxyl groups is 1. The van der Waals surface area contributed by atoms with Gasteiger partial charge in [0.2, 0.25) is 0 Å². The van der Waals surface area contributed by atoms with Crippen LogP contribution in [0.1, 0.15) is 32.1 Å². The summed E-state index contributed by atoms with van der Waals surface area (Å²) in [4.78, 5) is 0. The van der Waals surface area contributed by atoms with Gasteiger partial charge in [-0.3, -0.25) is 4.55 Å². The van der Waals surface area contributed by atoms with Gasteiger partial charge in [-0.1, -0.05) is 0 Å². The lowest BCUT2D eigenvalue weighted by Crippen LogP contribution is -2.40. The van der Waals surface area contributed by atoms with E-state index in [4.69, 9.17) is 4.55 Å². The van der Waals surface area contributed by atoms with Crippen LogP contribution in [0.3, 0.4) is 0 Å². The minimum absolute atomic E-state index is 0.148. The average Bonchev–Trinajstić information content (AvgIpc) is 3.02. The fourth-order valence-electron chi connectivity index (χ4n) is 6.35.